The summed E-state index contributed by atoms with van der Waals surface area (Å²) in [5.74, 6) is -1.66. The molecule has 1 aromatic heterocycles. The maximum Gasteiger partial charge on any atom is 0.252 e. The second-order valence-corrected chi connectivity index (χ2v) is 3.56. The minimum atomic E-state index is -0.755. The van der Waals surface area contributed by atoms with Gasteiger partial charge in [0.2, 0.25) is 0 Å². The van der Waals surface area contributed by atoms with E-state index in [1.807, 2.05) is 0 Å². The number of hydrogen-bond donors (Lipinski definition) is 1. The van der Waals surface area contributed by atoms with Gasteiger partial charge in [-0.3, -0.25) is 0 Å². The van der Waals surface area contributed by atoms with Gasteiger partial charge < -0.3 is 5.32 Å². The van der Waals surface area contributed by atoms with E-state index in [9.17, 15) is 8.78 Å². The molecule has 1 aromatic carbocycles. The molecule has 0 saturated heterocycles. The van der Waals surface area contributed by atoms with Crippen molar-refractivity contribution in [3.63, 3.8) is 0 Å². The molecule has 0 amide bonds. The zero-order valence-corrected chi connectivity index (χ0v) is 9.48. The van der Waals surface area contributed by atoms with E-state index in [0.717, 1.165) is 11.0 Å². The van der Waals surface area contributed by atoms with Crippen LogP contribution in [0.25, 0.3) is 5.69 Å². The molecule has 92 valence electrons. The van der Waals surface area contributed by atoms with Crippen LogP contribution in [0.2, 0.25) is 0 Å². The van der Waals surface area contributed by atoms with Crippen LogP contribution in [0.5, 0.6) is 0 Å². The van der Waals surface area contributed by atoms with Gasteiger partial charge in [-0.1, -0.05) is 0 Å². The predicted octanol–water partition coefficient (Wildman–Crippen LogP) is 1.14. The summed E-state index contributed by atoms with van der Waals surface area (Å²) in [6.07, 6.45) is 1.10. The van der Waals surface area contributed by atoms with Crippen molar-refractivity contribution in [3.8, 4) is 11.8 Å². The molecule has 5 nitrogen and oxygen atoms in total. The molecule has 0 bridgehead atoms. The molecule has 2 rings (SSSR count). The number of aromatic nitrogens is 3. The molecule has 1 N–H and O–H groups in total. The Hall–Kier alpha value is -2.33. The lowest BCUT2D eigenvalue weighted by molar-refractivity contribution is 0.555. The van der Waals surface area contributed by atoms with Crippen LogP contribution in [0.4, 0.5) is 8.78 Å². The second-order valence-electron chi connectivity index (χ2n) is 3.56. The number of halogens is 2. The normalized spacial score (nSPS) is 10.3. The van der Waals surface area contributed by atoms with Gasteiger partial charge in [0.15, 0.2) is 11.6 Å². The zero-order chi connectivity index (χ0) is 13.1. The van der Waals surface area contributed by atoms with Crippen molar-refractivity contribution in [1.82, 2.24) is 20.1 Å². The minimum Gasteiger partial charge on any atom is -0.316 e. The van der Waals surface area contributed by atoms with Crippen LogP contribution in [0.3, 0.4) is 0 Å². The second kappa shape index (κ2) is 4.89. The fourth-order valence-corrected chi connectivity index (χ4v) is 1.57. The molecule has 0 saturated carbocycles. The Balaban J connectivity index is 2.48. The summed E-state index contributed by atoms with van der Waals surface area (Å²) in [6, 6.07) is 4.11. The van der Waals surface area contributed by atoms with Crippen molar-refractivity contribution in [2.24, 2.45) is 0 Å². The molecule has 0 spiro atoms. The third-order valence-electron chi connectivity index (χ3n) is 2.28. The molecular formula is C11H9F2N5. The maximum atomic E-state index is 13.8. The van der Waals surface area contributed by atoms with Crippen LogP contribution in [0.1, 0.15) is 11.4 Å². The number of hydrogen-bond acceptors (Lipinski definition) is 4. The Morgan fingerprint density at radius 1 is 1.39 bits per heavy atom. The van der Waals surface area contributed by atoms with Crippen LogP contribution in [0.15, 0.2) is 18.5 Å². The topological polar surface area (TPSA) is 66.5 Å². The van der Waals surface area contributed by atoms with Crippen molar-refractivity contribution in [1.29, 1.82) is 5.26 Å². The van der Waals surface area contributed by atoms with Gasteiger partial charge in [-0.25, -0.2) is 18.4 Å². The highest BCUT2D eigenvalue weighted by atomic mass is 19.1. The number of nitrogens with one attached hydrogen (secondary N) is 1. The fourth-order valence-electron chi connectivity index (χ4n) is 1.57. The number of nitrogens with zero attached hydrogens (tertiary/aromatic N) is 4. The summed E-state index contributed by atoms with van der Waals surface area (Å²) in [4.78, 5) is 3.60. The third kappa shape index (κ3) is 2.19. The molecule has 0 aliphatic carbocycles. The quantitative estimate of drug-likeness (QED) is 0.885. The molecule has 0 unspecified atom stereocenters. The van der Waals surface area contributed by atoms with Gasteiger partial charge >= 0.3 is 0 Å². The van der Waals surface area contributed by atoms with E-state index in [2.05, 4.69) is 15.4 Å². The molecule has 0 fully saturated rings. The monoisotopic (exact) mass is 249 g/mol. The first-order valence-corrected chi connectivity index (χ1v) is 5.10. The van der Waals surface area contributed by atoms with Crippen LogP contribution in [0, 0.1) is 23.0 Å². The first kappa shape index (κ1) is 12.1. The average molecular weight is 249 g/mol. The third-order valence-corrected chi connectivity index (χ3v) is 2.28. The lowest BCUT2D eigenvalue weighted by atomic mass is 10.2. The maximum absolute atomic E-state index is 13.8. The largest absolute Gasteiger partial charge is 0.316 e. The molecule has 18 heavy (non-hydrogen) atoms. The molecule has 0 aliphatic rings. The Morgan fingerprint density at radius 2 is 2.06 bits per heavy atom. The predicted molar refractivity (Wildman–Crippen MR) is 58.8 cm³/mol. The highest BCUT2D eigenvalue weighted by molar-refractivity contribution is 5.37. The average Bonchev–Trinajstić information content (AvgIpc) is 2.77. The van der Waals surface area contributed by atoms with Crippen molar-refractivity contribution < 1.29 is 8.78 Å². The first-order valence-electron chi connectivity index (χ1n) is 5.10. The van der Waals surface area contributed by atoms with E-state index >= 15 is 0 Å². The van der Waals surface area contributed by atoms with Gasteiger partial charge in [0.1, 0.15) is 18.1 Å². The van der Waals surface area contributed by atoms with E-state index in [4.69, 9.17) is 5.26 Å². The van der Waals surface area contributed by atoms with Crippen molar-refractivity contribution in [3.05, 3.63) is 41.5 Å². The van der Waals surface area contributed by atoms with Crippen LogP contribution >= 0.6 is 0 Å². The van der Waals surface area contributed by atoms with Gasteiger partial charge in [-0.15, -0.1) is 5.10 Å². The summed E-state index contributed by atoms with van der Waals surface area (Å²) < 4.78 is 28.5. The summed E-state index contributed by atoms with van der Waals surface area (Å²) in [7, 11) is 1.68. The molecule has 7 heteroatoms. The van der Waals surface area contributed by atoms with Gasteiger partial charge in [0.25, 0.3) is 5.82 Å². The van der Waals surface area contributed by atoms with E-state index in [1.165, 1.54) is 12.1 Å². The van der Waals surface area contributed by atoms with Gasteiger partial charge in [0, 0.05) is 6.54 Å². The highest BCUT2D eigenvalue weighted by Gasteiger charge is 2.14. The summed E-state index contributed by atoms with van der Waals surface area (Å²) >= 11 is 0. The molecule has 1 heterocycles. The Kier molecular flexibility index (Phi) is 3.30. The van der Waals surface area contributed by atoms with Gasteiger partial charge in [-0.05, 0) is 24.7 Å². The molecular weight excluding hydrogens is 240 g/mol. The summed E-state index contributed by atoms with van der Waals surface area (Å²) in [5, 5.41) is 15.0. The summed E-state index contributed by atoms with van der Waals surface area (Å²) in [5.41, 5.74) is 0.140. The minimum absolute atomic E-state index is 0.145. The first-order chi connectivity index (χ1) is 8.65. The molecule has 0 atom stereocenters. The highest BCUT2D eigenvalue weighted by Crippen LogP contribution is 2.19. The lowest BCUT2D eigenvalue weighted by Gasteiger charge is -2.07. The van der Waals surface area contributed by atoms with Crippen LogP contribution < -0.4 is 5.32 Å². The number of rotatable bonds is 3. The van der Waals surface area contributed by atoms with Crippen molar-refractivity contribution in [2.45, 2.75) is 6.54 Å². The zero-order valence-electron chi connectivity index (χ0n) is 9.48. The Labute approximate surface area is 102 Å². The molecule has 0 aliphatic heterocycles. The SMILES string of the molecule is CNCc1cc(F)c(-n2cnc(C#N)n2)c(F)c1. The standard InChI is InChI=1S/C11H9F2N5/c1-15-5-7-2-8(12)11(9(13)3-7)18-6-16-10(4-14)17-18/h2-3,6,15H,5H2,1H3. The smallest absolute Gasteiger partial charge is 0.252 e. The van der Waals surface area contributed by atoms with E-state index < -0.39 is 11.6 Å². The van der Waals surface area contributed by atoms with Crippen LogP contribution in [-0.2, 0) is 6.54 Å². The van der Waals surface area contributed by atoms with E-state index in [-0.39, 0.29) is 11.5 Å². The summed E-state index contributed by atoms with van der Waals surface area (Å²) in [6.45, 7) is 0.356. The fraction of sp³-hybridized carbons (Fsp3) is 0.182. The number of nitriles is 1. The van der Waals surface area contributed by atoms with E-state index in [1.54, 1.807) is 13.1 Å². The molecule has 0 radical (unpaired) electrons. The van der Waals surface area contributed by atoms with Gasteiger partial charge in [-0.2, -0.15) is 5.26 Å². The van der Waals surface area contributed by atoms with Crippen molar-refractivity contribution in [2.75, 3.05) is 7.05 Å². The Bertz CT molecular complexity index is 591. The van der Waals surface area contributed by atoms with Crippen LogP contribution in [-0.4, -0.2) is 21.8 Å². The van der Waals surface area contributed by atoms with Crippen molar-refractivity contribution >= 4 is 0 Å². The molecule has 2 aromatic rings. The van der Waals surface area contributed by atoms with E-state index in [0.29, 0.717) is 12.1 Å². The van der Waals surface area contributed by atoms with Gasteiger partial charge in [0.05, 0.1) is 0 Å². The number of benzene rings is 1. The lowest BCUT2D eigenvalue weighted by Crippen LogP contribution is -2.09. The Morgan fingerprint density at radius 3 is 2.56 bits per heavy atom.